The molecule has 0 saturated heterocycles. The predicted molar refractivity (Wildman–Crippen MR) is 68.9 cm³/mol. The minimum absolute atomic E-state index is 0.0245. The summed E-state index contributed by atoms with van der Waals surface area (Å²) >= 11 is 0. The van der Waals surface area contributed by atoms with Gasteiger partial charge in [-0.3, -0.25) is 4.79 Å². The van der Waals surface area contributed by atoms with Gasteiger partial charge in [0.25, 0.3) is 5.91 Å². The standard InChI is InChI=1S/C13H21N3O/c1-13(2,3)8-15-12(17)11-6-9(14)7-16(11)10-4-5-10/h6-7,10H,4-5,8,14H2,1-3H3,(H,15,17). The maximum atomic E-state index is 12.1. The minimum atomic E-state index is -0.0245. The van der Waals surface area contributed by atoms with E-state index in [1.807, 2.05) is 10.8 Å². The molecule has 0 spiro atoms. The van der Waals surface area contributed by atoms with Crippen LogP contribution in [0.3, 0.4) is 0 Å². The van der Waals surface area contributed by atoms with Crippen molar-refractivity contribution >= 4 is 11.6 Å². The van der Waals surface area contributed by atoms with Gasteiger partial charge in [-0.25, -0.2) is 0 Å². The average Bonchev–Trinajstić information content (AvgIpc) is 2.97. The van der Waals surface area contributed by atoms with Gasteiger partial charge < -0.3 is 15.6 Å². The Bertz CT molecular complexity index is 424. The minimum Gasteiger partial charge on any atom is -0.397 e. The second-order valence-corrected chi connectivity index (χ2v) is 6.04. The summed E-state index contributed by atoms with van der Waals surface area (Å²) in [4.78, 5) is 12.1. The molecule has 0 aliphatic heterocycles. The lowest BCUT2D eigenvalue weighted by Crippen LogP contribution is -2.33. The maximum absolute atomic E-state index is 12.1. The topological polar surface area (TPSA) is 60.1 Å². The van der Waals surface area contributed by atoms with Gasteiger partial charge in [0, 0.05) is 18.8 Å². The molecule has 1 aliphatic rings. The molecule has 2 rings (SSSR count). The fourth-order valence-corrected chi connectivity index (χ4v) is 1.77. The van der Waals surface area contributed by atoms with Crippen molar-refractivity contribution in [3.8, 4) is 0 Å². The number of carbonyl (C=O) groups excluding carboxylic acids is 1. The molecule has 17 heavy (non-hydrogen) atoms. The number of anilines is 1. The average molecular weight is 235 g/mol. The van der Waals surface area contributed by atoms with Crippen LogP contribution in [0.4, 0.5) is 5.69 Å². The third-order valence-corrected chi connectivity index (χ3v) is 2.82. The number of nitrogens with one attached hydrogen (secondary N) is 1. The zero-order valence-corrected chi connectivity index (χ0v) is 10.8. The Morgan fingerprint density at radius 3 is 2.71 bits per heavy atom. The second-order valence-electron chi connectivity index (χ2n) is 6.04. The van der Waals surface area contributed by atoms with E-state index in [0.717, 1.165) is 12.8 Å². The monoisotopic (exact) mass is 235 g/mol. The second kappa shape index (κ2) is 4.09. The Morgan fingerprint density at radius 2 is 2.18 bits per heavy atom. The molecule has 1 fully saturated rings. The molecular formula is C13H21N3O. The third-order valence-electron chi connectivity index (χ3n) is 2.82. The van der Waals surface area contributed by atoms with Gasteiger partial charge in [-0.2, -0.15) is 0 Å². The first kappa shape index (κ1) is 12.0. The molecule has 1 aliphatic carbocycles. The number of amides is 1. The van der Waals surface area contributed by atoms with Gasteiger partial charge in [0.15, 0.2) is 0 Å². The first-order valence-electron chi connectivity index (χ1n) is 6.12. The van der Waals surface area contributed by atoms with E-state index in [2.05, 4.69) is 26.1 Å². The zero-order valence-electron chi connectivity index (χ0n) is 10.8. The number of nitrogen functional groups attached to an aromatic ring is 1. The predicted octanol–water partition coefficient (Wildman–Crippen LogP) is 2.18. The van der Waals surface area contributed by atoms with Crippen molar-refractivity contribution in [2.45, 2.75) is 39.7 Å². The van der Waals surface area contributed by atoms with Crippen LogP contribution in [0.2, 0.25) is 0 Å². The van der Waals surface area contributed by atoms with Crippen LogP contribution >= 0.6 is 0 Å². The fourth-order valence-electron chi connectivity index (χ4n) is 1.77. The van der Waals surface area contributed by atoms with Crippen LogP contribution in [0.25, 0.3) is 0 Å². The number of rotatable bonds is 3. The number of hydrogen-bond donors (Lipinski definition) is 2. The first-order chi connectivity index (χ1) is 7.87. The molecule has 1 aromatic rings. The van der Waals surface area contributed by atoms with Crippen molar-refractivity contribution in [2.75, 3.05) is 12.3 Å². The van der Waals surface area contributed by atoms with E-state index in [-0.39, 0.29) is 11.3 Å². The van der Waals surface area contributed by atoms with Crippen LogP contribution in [-0.4, -0.2) is 17.0 Å². The van der Waals surface area contributed by atoms with Crippen molar-refractivity contribution in [1.29, 1.82) is 0 Å². The third kappa shape index (κ3) is 3.02. The summed E-state index contributed by atoms with van der Waals surface area (Å²) in [5.41, 5.74) is 7.21. The SMILES string of the molecule is CC(C)(C)CNC(=O)c1cc(N)cn1C1CC1. The van der Waals surface area contributed by atoms with E-state index in [9.17, 15) is 4.79 Å². The number of carbonyl (C=O) groups is 1. The Kier molecular flexibility index (Phi) is 2.89. The van der Waals surface area contributed by atoms with Crippen molar-refractivity contribution < 1.29 is 4.79 Å². The maximum Gasteiger partial charge on any atom is 0.268 e. The van der Waals surface area contributed by atoms with Crippen LogP contribution in [0.5, 0.6) is 0 Å². The summed E-state index contributed by atoms with van der Waals surface area (Å²) in [5, 5.41) is 2.96. The summed E-state index contributed by atoms with van der Waals surface area (Å²) in [6.45, 7) is 6.96. The number of aromatic nitrogens is 1. The fraction of sp³-hybridized carbons (Fsp3) is 0.615. The lowest BCUT2D eigenvalue weighted by atomic mass is 9.97. The largest absolute Gasteiger partial charge is 0.397 e. The normalized spacial score (nSPS) is 15.9. The van der Waals surface area contributed by atoms with Gasteiger partial charge in [-0.1, -0.05) is 20.8 Å². The smallest absolute Gasteiger partial charge is 0.268 e. The van der Waals surface area contributed by atoms with Crippen LogP contribution in [0, 0.1) is 5.41 Å². The number of nitrogens with two attached hydrogens (primary N) is 1. The molecule has 0 aromatic carbocycles. The Hall–Kier alpha value is -1.45. The van der Waals surface area contributed by atoms with Gasteiger partial charge in [-0.15, -0.1) is 0 Å². The molecule has 1 saturated carbocycles. The van der Waals surface area contributed by atoms with Crippen LogP contribution in [0.15, 0.2) is 12.3 Å². The highest BCUT2D eigenvalue weighted by Gasteiger charge is 2.27. The Labute approximate surface area is 102 Å². The molecule has 3 N–H and O–H groups in total. The quantitative estimate of drug-likeness (QED) is 0.843. The summed E-state index contributed by atoms with van der Waals surface area (Å²) in [5.74, 6) is -0.0245. The summed E-state index contributed by atoms with van der Waals surface area (Å²) in [6.07, 6.45) is 4.16. The molecule has 0 atom stereocenters. The number of nitrogens with zero attached hydrogens (tertiary/aromatic N) is 1. The molecular weight excluding hydrogens is 214 g/mol. The van der Waals surface area contributed by atoms with Gasteiger partial charge in [-0.05, 0) is 24.3 Å². The molecule has 1 heterocycles. The molecule has 4 nitrogen and oxygen atoms in total. The van der Waals surface area contributed by atoms with E-state index in [0.29, 0.717) is 24.0 Å². The lowest BCUT2D eigenvalue weighted by Gasteiger charge is -2.19. The highest BCUT2D eigenvalue weighted by Crippen LogP contribution is 2.37. The lowest BCUT2D eigenvalue weighted by molar-refractivity contribution is 0.0930. The summed E-state index contributed by atoms with van der Waals surface area (Å²) < 4.78 is 2.01. The highest BCUT2D eigenvalue weighted by atomic mass is 16.1. The van der Waals surface area contributed by atoms with E-state index < -0.39 is 0 Å². The molecule has 94 valence electrons. The van der Waals surface area contributed by atoms with Gasteiger partial charge in [0.05, 0.1) is 5.69 Å². The Balaban J connectivity index is 2.08. The molecule has 4 heteroatoms. The molecule has 1 aromatic heterocycles. The van der Waals surface area contributed by atoms with Crippen LogP contribution < -0.4 is 11.1 Å². The van der Waals surface area contributed by atoms with Crippen molar-refractivity contribution in [3.05, 3.63) is 18.0 Å². The molecule has 0 bridgehead atoms. The van der Waals surface area contributed by atoms with Crippen molar-refractivity contribution in [2.24, 2.45) is 5.41 Å². The van der Waals surface area contributed by atoms with Crippen LogP contribution in [-0.2, 0) is 0 Å². The highest BCUT2D eigenvalue weighted by molar-refractivity contribution is 5.93. The number of hydrogen-bond acceptors (Lipinski definition) is 2. The molecule has 1 amide bonds. The Morgan fingerprint density at radius 1 is 1.53 bits per heavy atom. The van der Waals surface area contributed by atoms with Crippen molar-refractivity contribution in [3.63, 3.8) is 0 Å². The van der Waals surface area contributed by atoms with Gasteiger partial charge >= 0.3 is 0 Å². The van der Waals surface area contributed by atoms with E-state index in [1.165, 1.54) is 0 Å². The van der Waals surface area contributed by atoms with Crippen LogP contribution in [0.1, 0.15) is 50.1 Å². The van der Waals surface area contributed by atoms with Crippen molar-refractivity contribution in [1.82, 2.24) is 9.88 Å². The summed E-state index contributed by atoms with van der Waals surface area (Å²) in [6, 6.07) is 2.23. The van der Waals surface area contributed by atoms with Gasteiger partial charge in [0.1, 0.15) is 5.69 Å². The molecule has 0 unspecified atom stereocenters. The van der Waals surface area contributed by atoms with E-state index in [1.54, 1.807) is 6.07 Å². The van der Waals surface area contributed by atoms with E-state index >= 15 is 0 Å². The van der Waals surface area contributed by atoms with E-state index in [4.69, 9.17) is 5.73 Å². The summed E-state index contributed by atoms with van der Waals surface area (Å²) in [7, 11) is 0. The van der Waals surface area contributed by atoms with Gasteiger partial charge in [0.2, 0.25) is 0 Å². The molecule has 0 radical (unpaired) electrons. The first-order valence-corrected chi connectivity index (χ1v) is 6.12. The zero-order chi connectivity index (χ0) is 12.6.